The van der Waals surface area contributed by atoms with Crippen molar-refractivity contribution >= 4 is 0 Å². The number of allylic oxidation sites excluding steroid dienone is 3. The molecule has 1 saturated heterocycles. The Bertz CT molecular complexity index is 678. The highest BCUT2D eigenvalue weighted by Crippen LogP contribution is 2.53. The predicted octanol–water partition coefficient (Wildman–Crippen LogP) is 6.05. The zero-order valence-electron chi connectivity index (χ0n) is 18.6. The second-order valence-corrected chi connectivity index (χ2v) is 10.2. The zero-order valence-corrected chi connectivity index (χ0v) is 18.6. The molecule has 0 amide bonds. The molecule has 3 rings (SSSR count). The van der Waals surface area contributed by atoms with Crippen molar-refractivity contribution < 1.29 is 19.3 Å². The minimum absolute atomic E-state index is 0.0107. The number of hydrogen-bond donors (Lipinski definition) is 2. The maximum atomic E-state index is 14.1. The second kappa shape index (κ2) is 8.93. The molecule has 0 bridgehead atoms. The molecule has 0 aromatic rings. The van der Waals surface area contributed by atoms with Gasteiger partial charge in [0.2, 0.25) is 0 Å². The fraction of sp³-hybridized carbons (Fsp3) is 0.760. The molecule has 1 aliphatic heterocycles. The second-order valence-electron chi connectivity index (χ2n) is 10.2. The molecule has 2 N–H and O–H groups in total. The number of aliphatic hydroxyl groups is 2. The molecule has 1 fully saturated rings. The van der Waals surface area contributed by atoms with Gasteiger partial charge in [-0.05, 0) is 60.7 Å². The summed E-state index contributed by atoms with van der Waals surface area (Å²) in [6.07, 6.45) is 13.1. The molecule has 0 saturated carbocycles. The maximum absolute atomic E-state index is 14.1. The third-order valence-electron chi connectivity index (χ3n) is 7.57. The van der Waals surface area contributed by atoms with Crippen LogP contribution in [0.15, 0.2) is 35.1 Å². The van der Waals surface area contributed by atoms with Gasteiger partial charge in [-0.3, -0.25) is 0 Å². The van der Waals surface area contributed by atoms with Crippen LogP contribution in [-0.4, -0.2) is 35.2 Å². The standard InChI is InChI=1S/C25H39FO3/c1-5-6-7-8-11-24(2,3)18-13-21(28)23-19-12-17(15-27)9-10-20(19)25(4,16-26)29-22(23)14-18/h9,13-14,19-20,22-23,27-28H,5-8,10-12,15-16H2,1-4H3/t19?,20-,22?,23+,25?/m0/s1. The van der Waals surface area contributed by atoms with E-state index in [4.69, 9.17) is 4.74 Å². The van der Waals surface area contributed by atoms with Gasteiger partial charge in [0.05, 0.1) is 24.1 Å². The minimum atomic E-state index is -0.853. The normalized spacial score (nSPS) is 34.6. The smallest absolute Gasteiger partial charge is 0.118 e. The summed E-state index contributed by atoms with van der Waals surface area (Å²) in [5, 5.41) is 20.7. The molecule has 2 aliphatic carbocycles. The Morgan fingerprint density at radius 2 is 2.03 bits per heavy atom. The molecule has 0 aromatic carbocycles. The van der Waals surface area contributed by atoms with E-state index in [1.165, 1.54) is 25.7 Å². The summed E-state index contributed by atoms with van der Waals surface area (Å²) in [5.41, 5.74) is 1.18. The van der Waals surface area contributed by atoms with Crippen LogP contribution < -0.4 is 0 Å². The van der Waals surface area contributed by atoms with Crippen LogP contribution in [0.25, 0.3) is 0 Å². The number of unbranched alkanes of at least 4 members (excludes halogenated alkanes) is 3. The molecule has 164 valence electrons. The first kappa shape index (κ1) is 22.6. The van der Waals surface area contributed by atoms with Gasteiger partial charge in [0.15, 0.2) is 0 Å². The fourth-order valence-corrected chi connectivity index (χ4v) is 5.62. The van der Waals surface area contributed by atoms with Crippen LogP contribution in [0, 0.1) is 23.2 Å². The van der Waals surface area contributed by atoms with E-state index in [2.05, 4.69) is 26.8 Å². The van der Waals surface area contributed by atoms with Gasteiger partial charge in [0, 0.05) is 5.92 Å². The first-order chi connectivity index (χ1) is 13.8. The quantitative estimate of drug-likeness (QED) is 0.381. The summed E-state index contributed by atoms with van der Waals surface area (Å²) in [6.45, 7) is 8.04. The Labute approximate surface area is 175 Å². The van der Waals surface area contributed by atoms with Crippen LogP contribution in [-0.2, 0) is 4.74 Å². The molecule has 0 aromatic heterocycles. The van der Waals surface area contributed by atoms with E-state index < -0.39 is 12.3 Å². The van der Waals surface area contributed by atoms with E-state index in [1.54, 1.807) is 0 Å². The number of alkyl halides is 1. The van der Waals surface area contributed by atoms with Gasteiger partial charge in [-0.1, -0.05) is 58.6 Å². The Kier molecular flexibility index (Phi) is 6.95. The van der Waals surface area contributed by atoms with Crippen LogP contribution in [0.3, 0.4) is 0 Å². The molecule has 0 spiro atoms. The molecule has 0 radical (unpaired) electrons. The van der Waals surface area contributed by atoms with Crippen LogP contribution >= 0.6 is 0 Å². The van der Waals surface area contributed by atoms with Gasteiger partial charge in [-0.15, -0.1) is 0 Å². The lowest BCUT2D eigenvalue weighted by molar-refractivity contribution is -0.194. The molecule has 3 unspecified atom stereocenters. The summed E-state index contributed by atoms with van der Waals surface area (Å²) in [7, 11) is 0. The average molecular weight is 407 g/mol. The van der Waals surface area contributed by atoms with E-state index in [9.17, 15) is 14.6 Å². The minimum Gasteiger partial charge on any atom is -0.512 e. The Morgan fingerprint density at radius 3 is 2.69 bits per heavy atom. The van der Waals surface area contributed by atoms with Crippen LogP contribution in [0.1, 0.15) is 72.6 Å². The monoisotopic (exact) mass is 406 g/mol. The van der Waals surface area contributed by atoms with Crippen LogP contribution in [0.5, 0.6) is 0 Å². The lowest BCUT2D eigenvalue weighted by Crippen LogP contribution is -2.57. The highest BCUT2D eigenvalue weighted by molar-refractivity contribution is 5.36. The average Bonchev–Trinajstić information content (AvgIpc) is 2.70. The number of fused-ring (bicyclic) bond motifs is 3. The number of aliphatic hydroxyl groups excluding tert-OH is 2. The molecule has 4 heteroatoms. The summed E-state index contributed by atoms with van der Waals surface area (Å²) in [6, 6.07) is 0. The molecular formula is C25H39FO3. The van der Waals surface area contributed by atoms with Crippen molar-refractivity contribution in [3.8, 4) is 0 Å². The topological polar surface area (TPSA) is 49.7 Å². The van der Waals surface area contributed by atoms with Gasteiger partial charge in [-0.25, -0.2) is 4.39 Å². The molecule has 3 nitrogen and oxygen atoms in total. The number of hydrogen-bond acceptors (Lipinski definition) is 3. The largest absolute Gasteiger partial charge is 0.512 e. The van der Waals surface area contributed by atoms with Crippen LogP contribution in [0.4, 0.5) is 4.39 Å². The molecular weight excluding hydrogens is 367 g/mol. The predicted molar refractivity (Wildman–Crippen MR) is 115 cm³/mol. The highest BCUT2D eigenvalue weighted by atomic mass is 19.1. The van der Waals surface area contributed by atoms with Crippen molar-refractivity contribution in [1.82, 2.24) is 0 Å². The van der Waals surface area contributed by atoms with E-state index in [0.717, 1.165) is 17.6 Å². The lowest BCUT2D eigenvalue weighted by atomic mass is 9.61. The third kappa shape index (κ3) is 4.49. The first-order valence-electron chi connectivity index (χ1n) is 11.4. The molecule has 5 atom stereocenters. The van der Waals surface area contributed by atoms with E-state index in [-0.39, 0.29) is 35.9 Å². The van der Waals surface area contributed by atoms with E-state index in [0.29, 0.717) is 18.6 Å². The Hall–Kier alpha value is -1.13. The maximum Gasteiger partial charge on any atom is 0.118 e. The first-order valence-corrected chi connectivity index (χ1v) is 11.4. The van der Waals surface area contributed by atoms with E-state index in [1.807, 2.05) is 19.1 Å². The van der Waals surface area contributed by atoms with Crippen molar-refractivity contribution in [2.24, 2.45) is 23.2 Å². The van der Waals surface area contributed by atoms with Crippen LogP contribution in [0.2, 0.25) is 0 Å². The lowest BCUT2D eigenvalue weighted by Gasteiger charge is -2.54. The summed E-state index contributed by atoms with van der Waals surface area (Å²) >= 11 is 0. The fourth-order valence-electron chi connectivity index (χ4n) is 5.62. The number of rotatable bonds is 8. The molecule has 3 aliphatic rings. The van der Waals surface area contributed by atoms with Crippen molar-refractivity contribution in [1.29, 1.82) is 0 Å². The number of halogens is 1. The van der Waals surface area contributed by atoms with Gasteiger partial charge < -0.3 is 14.9 Å². The van der Waals surface area contributed by atoms with Crippen molar-refractivity contribution in [2.75, 3.05) is 13.3 Å². The summed E-state index contributed by atoms with van der Waals surface area (Å²) in [5.74, 6) is 0.304. The third-order valence-corrected chi connectivity index (χ3v) is 7.57. The van der Waals surface area contributed by atoms with Gasteiger partial charge >= 0.3 is 0 Å². The summed E-state index contributed by atoms with van der Waals surface area (Å²) in [4.78, 5) is 0. The van der Waals surface area contributed by atoms with E-state index >= 15 is 0 Å². The van der Waals surface area contributed by atoms with Crippen molar-refractivity contribution in [3.05, 3.63) is 35.1 Å². The van der Waals surface area contributed by atoms with Gasteiger partial charge in [0.25, 0.3) is 0 Å². The van der Waals surface area contributed by atoms with Gasteiger partial charge in [0.1, 0.15) is 6.67 Å². The molecule has 29 heavy (non-hydrogen) atoms. The Balaban J connectivity index is 1.86. The highest BCUT2D eigenvalue weighted by Gasteiger charge is 2.54. The zero-order chi connectivity index (χ0) is 21.2. The molecule has 1 heterocycles. The Morgan fingerprint density at radius 1 is 1.28 bits per heavy atom. The van der Waals surface area contributed by atoms with Crippen molar-refractivity contribution in [3.63, 3.8) is 0 Å². The SMILES string of the molecule is CCCCCCC(C)(C)C1=CC2OC(C)(CF)[C@H]3CC=C(CO)CC3[C@@H]2C(O)=C1. The van der Waals surface area contributed by atoms with Crippen molar-refractivity contribution in [2.45, 2.75) is 84.3 Å². The number of ether oxygens (including phenoxy) is 1. The summed E-state index contributed by atoms with van der Waals surface area (Å²) < 4.78 is 20.5. The van der Waals surface area contributed by atoms with Gasteiger partial charge in [-0.2, -0.15) is 0 Å².